The van der Waals surface area contributed by atoms with E-state index in [-0.39, 0.29) is 0 Å². The van der Waals surface area contributed by atoms with E-state index in [1.807, 2.05) is 18.2 Å². The van der Waals surface area contributed by atoms with Crippen LogP contribution in [-0.2, 0) is 19.4 Å². The zero-order valence-electron chi connectivity index (χ0n) is 15.6. The van der Waals surface area contributed by atoms with E-state index in [9.17, 15) is 0 Å². The minimum Gasteiger partial charge on any atom is -0.338 e. The van der Waals surface area contributed by atoms with Gasteiger partial charge in [-0.05, 0) is 17.5 Å². The van der Waals surface area contributed by atoms with Crippen molar-refractivity contribution < 1.29 is 4.52 Å². The molecule has 4 rings (SSSR count). The Kier molecular flexibility index (Phi) is 5.92. The lowest BCUT2D eigenvalue weighted by atomic mass is 10.1. The molecule has 1 saturated heterocycles. The van der Waals surface area contributed by atoms with Crippen molar-refractivity contribution >= 4 is 0 Å². The Morgan fingerprint density at radius 2 is 1.41 bits per heavy atom. The maximum Gasteiger partial charge on any atom is 0.240 e. The number of hydrogen-bond acceptors (Lipinski definition) is 5. The van der Waals surface area contributed by atoms with E-state index in [1.54, 1.807) is 0 Å². The highest BCUT2D eigenvalue weighted by Crippen LogP contribution is 2.11. The molecular weight excluding hydrogens is 336 g/mol. The van der Waals surface area contributed by atoms with Crippen molar-refractivity contribution in [3.63, 3.8) is 0 Å². The van der Waals surface area contributed by atoms with Gasteiger partial charge in [0.05, 0.1) is 6.54 Å². The Morgan fingerprint density at radius 3 is 2.11 bits per heavy atom. The third kappa shape index (κ3) is 5.25. The van der Waals surface area contributed by atoms with Gasteiger partial charge >= 0.3 is 0 Å². The van der Waals surface area contributed by atoms with E-state index >= 15 is 0 Å². The average Bonchev–Trinajstić information content (AvgIpc) is 3.16. The summed E-state index contributed by atoms with van der Waals surface area (Å²) in [6.45, 7) is 6.15. The van der Waals surface area contributed by atoms with Gasteiger partial charge in [0.25, 0.3) is 0 Å². The molecule has 27 heavy (non-hydrogen) atoms. The highest BCUT2D eigenvalue weighted by atomic mass is 16.5. The fraction of sp³-hybridized carbons (Fsp3) is 0.364. The molecule has 1 aliphatic heterocycles. The second-order valence-electron chi connectivity index (χ2n) is 7.12. The monoisotopic (exact) mass is 362 g/mol. The summed E-state index contributed by atoms with van der Waals surface area (Å²) in [5.74, 6) is 1.48. The standard InChI is InChI=1S/C22H26N4O/c1-3-7-19(8-4-1)11-12-25-13-15-26(16-14-25)18-22-23-21(24-27-22)17-20-9-5-2-6-10-20/h1-10H,11-18H2. The molecule has 0 spiro atoms. The Morgan fingerprint density at radius 1 is 0.778 bits per heavy atom. The van der Waals surface area contributed by atoms with Crippen molar-refractivity contribution in [2.45, 2.75) is 19.4 Å². The first-order valence-electron chi connectivity index (χ1n) is 9.69. The molecule has 0 atom stereocenters. The number of benzene rings is 2. The summed E-state index contributed by atoms with van der Waals surface area (Å²) in [7, 11) is 0. The van der Waals surface area contributed by atoms with Crippen LogP contribution in [0.1, 0.15) is 22.8 Å². The molecule has 0 aliphatic carbocycles. The van der Waals surface area contributed by atoms with Crippen LogP contribution in [0.25, 0.3) is 0 Å². The van der Waals surface area contributed by atoms with Crippen LogP contribution >= 0.6 is 0 Å². The number of aromatic nitrogens is 2. The van der Waals surface area contributed by atoms with Gasteiger partial charge in [-0.25, -0.2) is 0 Å². The number of hydrogen-bond donors (Lipinski definition) is 0. The minimum absolute atomic E-state index is 0.720. The molecule has 0 radical (unpaired) electrons. The molecule has 0 unspecified atom stereocenters. The molecule has 1 fully saturated rings. The van der Waals surface area contributed by atoms with Crippen molar-refractivity contribution in [1.29, 1.82) is 0 Å². The molecule has 2 heterocycles. The topological polar surface area (TPSA) is 45.4 Å². The van der Waals surface area contributed by atoms with Crippen LogP contribution in [0.4, 0.5) is 0 Å². The summed E-state index contributed by atoms with van der Waals surface area (Å²) in [6.07, 6.45) is 1.84. The maximum atomic E-state index is 5.46. The highest BCUT2D eigenvalue weighted by Gasteiger charge is 2.19. The molecule has 0 amide bonds. The maximum absolute atomic E-state index is 5.46. The fourth-order valence-corrected chi connectivity index (χ4v) is 3.50. The molecule has 0 saturated carbocycles. The lowest BCUT2D eigenvalue weighted by molar-refractivity contribution is 0.118. The van der Waals surface area contributed by atoms with Crippen molar-refractivity contribution in [3.8, 4) is 0 Å². The fourth-order valence-electron chi connectivity index (χ4n) is 3.50. The number of rotatable bonds is 7. The molecule has 0 N–H and O–H groups in total. The third-order valence-electron chi connectivity index (χ3n) is 5.10. The predicted molar refractivity (Wildman–Crippen MR) is 105 cm³/mol. The lowest BCUT2D eigenvalue weighted by Crippen LogP contribution is -2.46. The van der Waals surface area contributed by atoms with E-state index in [2.05, 4.69) is 62.4 Å². The first-order valence-corrected chi connectivity index (χ1v) is 9.69. The van der Waals surface area contributed by atoms with Gasteiger partial charge in [-0.15, -0.1) is 0 Å². The van der Waals surface area contributed by atoms with Crippen LogP contribution in [0.15, 0.2) is 65.2 Å². The van der Waals surface area contributed by atoms with Crippen molar-refractivity contribution in [2.24, 2.45) is 0 Å². The first kappa shape index (κ1) is 17.9. The molecule has 5 nitrogen and oxygen atoms in total. The van der Waals surface area contributed by atoms with Crippen LogP contribution < -0.4 is 0 Å². The summed E-state index contributed by atoms with van der Waals surface area (Å²) in [4.78, 5) is 9.50. The van der Waals surface area contributed by atoms with Crippen molar-refractivity contribution in [3.05, 3.63) is 83.5 Å². The third-order valence-corrected chi connectivity index (χ3v) is 5.10. The summed E-state index contributed by atoms with van der Waals surface area (Å²) in [5.41, 5.74) is 2.62. The molecule has 140 valence electrons. The van der Waals surface area contributed by atoms with Gasteiger partial charge < -0.3 is 9.42 Å². The normalized spacial score (nSPS) is 15.9. The van der Waals surface area contributed by atoms with Gasteiger partial charge in [-0.2, -0.15) is 4.98 Å². The number of piperazine rings is 1. The van der Waals surface area contributed by atoms with E-state index in [0.717, 1.165) is 63.8 Å². The summed E-state index contributed by atoms with van der Waals surface area (Å²) < 4.78 is 5.46. The SMILES string of the molecule is c1ccc(CCN2CCN(Cc3nc(Cc4ccccc4)no3)CC2)cc1. The van der Waals surface area contributed by atoms with Crippen LogP contribution in [0.5, 0.6) is 0 Å². The zero-order chi connectivity index (χ0) is 18.3. The second-order valence-corrected chi connectivity index (χ2v) is 7.12. The van der Waals surface area contributed by atoms with E-state index in [0.29, 0.717) is 0 Å². The number of nitrogens with zero attached hydrogens (tertiary/aromatic N) is 4. The minimum atomic E-state index is 0.720. The quantitative estimate of drug-likeness (QED) is 0.646. The molecular formula is C22H26N4O. The summed E-state index contributed by atoms with van der Waals surface area (Å²) >= 11 is 0. The Hall–Kier alpha value is -2.50. The molecule has 3 aromatic rings. The largest absolute Gasteiger partial charge is 0.338 e. The summed E-state index contributed by atoms with van der Waals surface area (Å²) in [5, 5.41) is 4.13. The second kappa shape index (κ2) is 8.93. The van der Waals surface area contributed by atoms with Gasteiger partial charge in [0.2, 0.25) is 5.89 Å². The molecule has 1 aliphatic rings. The van der Waals surface area contributed by atoms with Crippen LogP contribution in [0.2, 0.25) is 0 Å². The van der Waals surface area contributed by atoms with Gasteiger partial charge in [0, 0.05) is 39.1 Å². The summed E-state index contributed by atoms with van der Waals surface area (Å²) in [6, 6.07) is 21.0. The molecule has 5 heteroatoms. The van der Waals surface area contributed by atoms with E-state index in [1.165, 1.54) is 11.1 Å². The van der Waals surface area contributed by atoms with Crippen LogP contribution in [0, 0.1) is 0 Å². The average molecular weight is 362 g/mol. The molecule has 0 bridgehead atoms. The predicted octanol–water partition coefficient (Wildman–Crippen LogP) is 3.02. The van der Waals surface area contributed by atoms with Gasteiger partial charge in [0.1, 0.15) is 0 Å². The van der Waals surface area contributed by atoms with Crippen molar-refractivity contribution in [1.82, 2.24) is 19.9 Å². The van der Waals surface area contributed by atoms with Crippen molar-refractivity contribution in [2.75, 3.05) is 32.7 Å². The van der Waals surface area contributed by atoms with Gasteiger partial charge in [-0.1, -0.05) is 65.8 Å². The van der Waals surface area contributed by atoms with E-state index < -0.39 is 0 Å². The van der Waals surface area contributed by atoms with Crippen LogP contribution in [0.3, 0.4) is 0 Å². The van der Waals surface area contributed by atoms with Gasteiger partial charge in [-0.3, -0.25) is 4.90 Å². The lowest BCUT2D eigenvalue weighted by Gasteiger charge is -2.33. The smallest absolute Gasteiger partial charge is 0.240 e. The first-order chi connectivity index (χ1) is 13.3. The zero-order valence-corrected chi connectivity index (χ0v) is 15.6. The molecule has 1 aromatic heterocycles. The Balaban J connectivity index is 1.21. The van der Waals surface area contributed by atoms with Crippen LogP contribution in [-0.4, -0.2) is 52.7 Å². The highest BCUT2D eigenvalue weighted by molar-refractivity contribution is 5.18. The Labute approximate surface area is 160 Å². The van der Waals surface area contributed by atoms with Gasteiger partial charge in [0.15, 0.2) is 5.82 Å². The molecule has 2 aromatic carbocycles. The van der Waals surface area contributed by atoms with E-state index in [4.69, 9.17) is 4.52 Å². The Bertz CT molecular complexity index is 811.